The molecule has 16 heavy (non-hydrogen) atoms. The number of nitrogens with two attached hydrogens (primary N) is 1. The van der Waals surface area contributed by atoms with E-state index in [1.54, 1.807) is 30.8 Å². The first kappa shape index (κ1) is 11.5. The smallest absolute Gasteiger partial charge is 0.237 e. The molecule has 84 valence electrons. The summed E-state index contributed by atoms with van der Waals surface area (Å²) in [5, 5.41) is 1.97. The Kier molecular flexibility index (Phi) is 3.52. The van der Waals surface area contributed by atoms with Crippen LogP contribution in [-0.2, 0) is 0 Å². The van der Waals surface area contributed by atoms with Gasteiger partial charge in [-0.15, -0.1) is 11.3 Å². The lowest BCUT2D eigenvalue weighted by atomic mass is 10.2. The maximum atomic E-state index is 6.14. The largest absolute Gasteiger partial charge is 0.480 e. The minimum absolute atomic E-state index is 0.321. The second kappa shape index (κ2) is 4.90. The Morgan fingerprint density at radius 1 is 1.44 bits per heavy atom. The van der Waals surface area contributed by atoms with Gasteiger partial charge in [0, 0.05) is 21.7 Å². The van der Waals surface area contributed by atoms with Gasteiger partial charge in [0.1, 0.15) is 5.69 Å². The molecule has 0 aliphatic rings. The molecule has 1 unspecified atom stereocenters. The summed E-state index contributed by atoms with van der Waals surface area (Å²) in [6.07, 6.45) is 3.19. The molecule has 2 aromatic rings. The molecule has 6 heteroatoms. The third-order valence-corrected chi connectivity index (χ3v) is 4.06. The monoisotopic (exact) mass is 299 g/mol. The van der Waals surface area contributed by atoms with Gasteiger partial charge in [-0.1, -0.05) is 0 Å². The van der Waals surface area contributed by atoms with E-state index >= 15 is 0 Å². The first-order valence-electron chi connectivity index (χ1n) is 4.57. The van der Waals surface area contributed by atoms with Crippen molar-refractivity contribution in [3.05, 3.63) is 38.9 Å². The van der Waals surface area contributed by atoms with Crippen molar-refractivity contribution in [2.24, 2.45) is 5.73 Å². The zero-order valence-electron chi connectivity index (χ0n) is 8.55. The van der Waals surface area contributed by atoms with Gasteiger partial charge in [0.2, 0.25) is 5.88 Å². The van der Waals surface area contributed by atoms with Crippen LogP contribution in [0.4, 0.5) is 0 Å². The van der Waals surface area contributed by atoms with Crippen molar-refractivity contribution in [2.45, 2.75) is 6.04 Å². The van der Waals surface area contributed by atoms with Gasteiger partial charge in [0.05, 0.1) is 13.2 Å². The molecule has 0 aromatic carbocycles. The first-order valence-corrected chi connectivity index (χ1v) is 6.24. The second-order valence-electron chi connectivity index (χ2n) is 3.06. The highest BCUT2D eigenvalue weighted by Crippen LogP contribution is 2.33. The highest BCUT2D eigenvalue weighted by molar-refractivity contribution is 9.10. The molecule has 0 amide bonds. The van der Waals surface area contributed by atoms with Gasteiger partial charge < -0.3 is 10.5 Å². The minimum Gasteiger partial charge on any atom is -0.480 e. The zero-order chi connectivity index (χ0) is 11.5. The lowest BCUT2D eigenvalue weighted by molar-refractivity contribution is 0.387. The molecule has 2 heterocycles. The Morgan fingerprint density at radius 3 is 2.81 bits per heavy atom. The molecule has 0 saturated heterocycles. The fourth-order valence-corrected chi connectivity index (χ4v) is 2.98. The molecule has 2 N–H and O–H groups in total. The third kappa shape index (κ3) is 2.09. The number of thiophene rings is 1. The van der Waals surface area contributed by atoms with Crippen LogP contribution in [0.3, 0.4) is 0 Å². The summed E-state index contributed by atoms with van der Waals surface area (Å²) in [5.74, 6) is 0.468. The van der Waals surface area contributed by atoms with Crippen molar-refractivity contribution in [3.63, 3.8) is 0 Å². The number of hydrogen-bond donors (Lipinski definition) is 1. The van der Waals surface area contributed by atoms with Crippen molar-refractivity contribution in [3.8, 4) is 5.88 Å². The zero-order valence-corrected chi connectivity index (χ0v) is 11.0. The van der Waals surface area contributed by atoms with Gasteiger partial charge in [-0.2, -0.15) is 0 Å². The van der Waals surface area contributed by atoms with Gasteiger partial charge >= 0.3 is 0 Å². The number of hydrogen-bond acceptors (Lipinski definition) is 5. The van der Waals surface area contributed by atoms with E-state index in [1.807, 2.05) is 11.4 Å². The maximum absolute atomic E-state index is 6.14. The van der Waals surface area contributed by atoms with Gasteiger partial charge in [-0.05, 0) is 27.4 Å². The molecule has 0 radical (unpaired) electrons. The molecule has 2 aromatic heterocycles. The summed E-state index contributed by atoms with van der Waals surface area (Å²) >= 11 is 5.03. The van der Waals surface area contributed by atoms with E-state index in [0.29, 0.717) is 11.6 Å². The predicted molar refractivity (Wildman–Crippen MR) is 66.6 cm³/mol. The summed E-state index contributed by atoms with van der Waals surface area (Å²) in [6, 6.07) is 1.64. The molecule has 0 saturated carbocycles. The van der Waals surface area contributed by atoms with Crippen LogP contribution in [0.15, 0.2) is 28.3 Å². The van der Waals surface area contributed by atoms with Gasteiger partial charge in [-0.3, -0.25) is 4.98 Å². The van der Waals surface area contributed by atoms with Gasteiger partial charge in [0.25, 0.3) is 0 Å². The average molecular weight is 300 g/mol. The average Bonchev–Trinajstić information content (AvgIpc) is 2.74. The highest BCUT2D eigenvalue weighted by atomic mass is 79.9. The van der Waals surface area contributed by atoms with E-state index in [1.165, 1.54) is 0 Å². The van der Waals surface area contributed by atoms with E-state index in [0.717, 1.165) is 9.35 Å². The Hall–Kier alpha value is -0.980. The van der Waals surface area contributed by atoms with E-state index < -0.39 is 0 Å². The summed E-state index contributed by atoms with van der Waals surface area (Å²) < 4.78 is 6.12. The molecular formula is C10H10BrN3OS. The molecule has 1 atom stereocenters. The number of nitrogens with zero attached hydrogens (tertiary/aromatic N) is 2. The van der Waals surface area contributed by atoms with Crippen LogP contribution in [0.25, 0.3) is 0 Å². The van der Waals surface area contributed by atoms with Crippen LogP contribution < -0.4 is 10.5 Å². The lowest BCUT2D eigenvalue weighted by Crippen LogP contribution is -2.14. The lowest BCUT2D eigenvalue weighted by Gasteiger charge is -2.12. The van der Waals surface area contributed by atoms with Crippen molar-refractivity contribution in [1.29, 1.82) is 0 Å². The van der Waals surface area contributed by atoms with Crippen molar-refractivity contribution >= 4 is 27.3 Å². The molecule has 0 bridgehead atoms. The van der Waals surface area contributed by atoms with E-state index in [-0.39, 0.29) is 6.04 Å². The Labute approximate surface area is 106 Å². The minimum atomic E-state index is -0.321. The summed E-state index contributed by atoms with van der Waals surface area (Å²) in [5.41, 5.74) is 6.78. The fourth-order valence-electron chi connectivity index (χ4n) is 1.36. The Bertz CT molecular complexity index is 488. The van der Waals surface area contributed by atoms with Crippen LogP contribution >= 0.6 is 27.3 Å². The SMILES string of the molecule is COc1nccnc1C(N)c1sccc1Br. The number of halogens is 1. The highest BCUT2D eigenvalue weighted by Gasteiger charge is 2.19. The molecule has 0 aliphatic carbocycles. The van der Waals surface area contributed by atoms with Gasteiger partial charge in [0.15, 0.2) is 0 Å². The van der Waals surface area contributed by atoms with Crippen LogP contribution in [0.1, 0.15) is 16.6 Å². The normalized spacial score (nSPS) is 12.4. The van der Waals surface area contributed by atoms with Crippen molar-refractivity contribution in [2.75, 3.05) is 7.11 Å². The number of methoxy groups -OCH3 is 1. The molecule has 2 rings (SSSR count). The Balaban J connectivity index is 2.41. The first-order chi connectivity index (χ1) is 7.74. The van der Waals surface area contributed by atoms with E-state index in [2.05, 4.69) is 25.9 Å². The summed E-state index contributed by atoms with van der Waals surface area (Å²) in [4.78, 5) is 9.32. The van der Waals surface area contributed by atoms with Crippen LogP contribution in [0.5, 0.6) is 5.88 Å². The van der Waals surface area contributed by atoms with E-state index in [4.69, 9.17) is 10.5 Å². The van der Waals surface area contributed by atoms with Crippen LogP contribution in [0, 0.1) is 0 Å². The third-order valence-electron chi connectivity index (χ3n) is 2.11. The quantitative estimate of drug-likeness (QED) is 0.945. The number of ether oxygens (including phenoxy) is 1. The van der Waals surface area contributed by atoms with Gasteiger partial charge in [-0.25, -0.2) is 4.98 Å². The fraction of sp³-hybridized carbons (Fsp3) is 0.200. The number of rotatable bonds is 3. The van der Waals surface area contributed by atoms with Crippen molar-refractivity contribution in [1.82, 2.24) is 9.97 Å². The van der Waals surface area contributed by atoms with Crippen LogP contribution in [-0.4, -0.2) is 17.1 Å². The van der Waals surface area contributed by atoms with E-state index in [9.17, 15) is 0 Å². The Morgan fingerprint density at radius 2 is 2.19 bits per heavy atom. The molecule has 0 fully saturated rings. The van der Waals surface area contributed by atoms with Crippen molar-refractivity contribution < 1.29 is 4.74 Å². The molecule has 0 aliphatic heterocycles. The van der Waals surface area contributed by atoms with Crippen LogP contribution in [0.2, 0.25) is 0 Å². The standard InChI is InChI=1S/C10H10BrN3OS/c1-15-10-8(13-3-4-14-10)7(12)9-6(11)2-5-16-9/h2-5,7H,12H2,1H3. The molecular weight excluding hydrogens is 290 g/mol. The summed E-state index contributed by atoms with van der Waals surface area (Å²) in [7, 11) is 1.56. The maximum Gasteiger partial charge on any atom is 0.237 e. The molecule has 0 spiro atoms. The molecule has 4 nitrogen and oxygen atoms in total. The number of aromatic nitrogens is 2. The second-order valence-corrected chi connectivity index (χ2v) is 4.86. The topological polar surface area (TPSA) is 61.0 Å². The predicted octanol–water partition coefficient (Wildman–Crippen LogP) is 2.36. The summed E-state index contributed by atoms with van der Waals surface area (Å²) in [6.45, 7) is 0.